The lowest BCUT2D eigenvalue weighted by molar-refractivity contribution is -0.116. The highest BCUT2D eigenvalue weighted by molar-refractivity contribution is 7.14. The zero-order valence-corrected chi connectivity index (χ0v) is 16.8. The molecule has 2 aromatic heterocycles. The molecule has 3 heterocycles. The van der Waals surface area contributed by atoms with Gasteiger partial charge in [0.2, 0.25) is 5.91 Å². The average Bonchev–Trinajstić information content (AvgIpc) is 3.42. The molecule has 1 N–H and O–H groups in total. The van der Waals surface area contributed by atoms with Gasteiger partial charge in [0.15, 0.2) is 5.13 Å². The summed E-state index contributed by atoms with van der Waals surface area (Å²) in [6.07, 6.45) is 2.54. The minimum Gasteiger partial charge on any atom is -0.493 e. The van der Waals surface area contributed by atoms with E-state index < -0.39 is 0 Å². The first-order valence-electron chi connectivity index (χ1n) is 9.63. The van der Waals surface area contributed by atoms with Crippen LogP contribution in [0.3, 0.4) is 0 Å². The zero-order chi connectivity index (χ0) is 20.5. The molecule has 0 saturated heterocycles. The summed E-state index contributed by atoms with van der Waals surface area (Å²) in [4.78, 5) is 33.7. The molecule has 7 nitrogen and oxygen atoms in total. The number of carbonyl (C=O) groups excluding carboxylic acids is 1. The van der Waals surface area contributed by atoms with Crippen molar-refractivity contribution < 1.29 is 9.53 Å². The fourth-order valence-corrected chi connectivity index (χ4v) is 4.21. The van der Waals surface area contributed by atoms with Gasteiger partial charge in [0.25, 0.3) is 5.56 Å². The third kappa shape index (κ3) is 3.57. The van der Waals surface area contributed by atoms with E-state index in [2.05, 4.69) is 21.4 Å². The Hall–Kier alpha value is -3.52. The molecule has 5 rings (SSSR count). The number of aryl methyl sites for hydroxylation is 1. The van der Waals surface area contributed by atoms with E-state index in [0.29, 0.717) is 22.6 Å². The smallest absolute Gasteiger partial charge is 0.261 e. The lowest BCUT2D eigenvalue weighted by atomic mass is 10.1. The summed E-state index contributed by atoms with van der Waals surface area (Å²) in [5.41, 5.74) is 3.51. The van der Waals surface area contributed by atoms with Crippen molar-refractivity contribution in [1.29, 1.82) is 0 Å². The predicted octanol–water partition coefficient (Wildman–Crippen LogP) is 3.48. The van der Waals surface area contributed by atoms with Gasteiger partial charge in [-0.2, -0.15) is 0 Å². The van der Waals surface area contributed by atoms with Crippen molar-refractivity contribution in [3.8, 4) is 17.0 Å². The molecule has 0 saturated carbocycles. The van der Waals surface area contributed by atoms with Crippen LogP contribution in [0.25, 0.3) is 22.2 Å². The van der Waals surface area contributed by atoms with Gasteiger partial charge in [-0.3, -0.25) is 14.2 Å². The molecule has 0 radical (unpaired) electrons. The molecule has 0 unspecified atom stereocenters. The fourth-order valence-electron chi connectivity index (χ4n) is 3.48. The minimum absolute atomic E-state index is 0.148. The number of fused-ring (bicyclic) bond motifs is 2. The van der Waals surface area contributed by atoms with Crippen molar-refractivity contribution in [2.45, 2.75) is 19.4 Å². The number of benzene rings is 2. The van der Waals surface area contributed by atoms with Gasteiger partial charge in [0.05, 0.1) is 29.5 Å². The molecule has 0 fully saturated rings. The van der Waals surface area contributed by atoms with E-state index in [0.717, 1.165) is 23.4 Å². The van der Waals surface area contributed by atoms with Gasteiger partial charge < -0.3 is 10.1 Å². The molecule has 1 amide bonds. The summed E-state index contributed by atoms with van der Waals surface area (Å²) in [6, 6.07) is 13.2. The number of nitrogens with one attached hydrogen (secondary N) is 1. The quantitative estimate of drug-likeness (QED) is 0.536. The lowest BCUT2D eigenvalue weighted by Crippen LogP contribution is -2.23. The molecule has 0 aliphatic carbocycles. The van der Waals surface area contributed by atoms with Crippen molar-refractivity contribution in [3.63, 3.8) is 0 Å². The van der Waals surface area contributed by atoms with E-state index in [1.807, 2.05) is 23.6 Å². The number of hydrogen-bond donors (Lipinski definition) is 1. The monoisotopic (exact) mass is 418 g/mol. The van der Waals surface area contributed by atoms with Crippen molar-refractivity contribution >= 4 is 33.3 Å². The predicted molar refractivity (Wildman–Crippen MR) is 116 cm³/mol. The number of anilines is 1. The standard InChI is InChI=1S/C22H18N4O3S/c27-20(7-9-26-13-23-17-4-2-1-3-16(17)21(26)28)25-22-24-18(12-30-22)14-5-6-19-15(11-14)8-10-29-19/h1-6,11-13H,7-10H2,(H,24,25,27). The molecule has 0 bridgehead atoms. The third-order valence-corrected chi connectivity index (χ3v) is 5.80. The van der Waals surface area contributed by atoms with Gasteiger partial charge in [-0.05, 0) is 35.9 Å². The maximum absolute atomic E-state index is 12.5. The van der Waals surface area contributed by atoms with Crippen LogP contribution in [0, 0.1) is 0 Å². The molecule has 30 heavy (non-hydrogen) atoms. The summed E-state index contributed by atoms with van der Waals surface area (Å²) in [6.45, 7) is 0.971. The molecule has 150 valence electrons. The van der Waals surface area contributed by atoms with Crippen molar-refractivity contribution in [2.75, 3.05) is 11.9 Å². The van der Waals surface area contributed by atoms with Crippen LogP contribution in [-0.4, -0.2) is 27.0 Å². The molecule has 2 aromatic carbocycles. The van der Waals surface area contributed by atoms with E-state index >= 15 is 0 Å². The van der Waals surface area contributed by atoms with Crippen LogP contribution in [0.5, 0.6) is 5.75 Å². The van der Waals surface area contributed by atoms with Gasteiger partial charge >= 0.3 is 0 Å². The Balaban J connectivity index is 1.24. The Morgan fingerprint density at radius 1 is 1.23 bits per heavy atom. The largest absolute Gasteiger partial charge is 0.493 e. The topological polar surface area (TPSA) is 86.1 Å². The number of carbonyl (C=O) groups is 1. The molecule has 8 heteroatoms. The summed E-state index contributed by atoms with van der Waals surface area (Å²) in [5, 5.41) is 5.82. The molecular weight excluding hydrogens is 400 g/mol. The zero-order valence-electron chi connectivity index (χ0n) is 16.0. The van der Waals surface area contributed by atoms with Crippen LogP contribution in [0.15, 0.2) is 59.0 Å². The number of thiazole rings is 1. The number of aromatic nitrogens is 3. The number of ether oxygens (including phenoxy) is 1. The fraction of sp³-hybridized carbons (Fsp3) is 0.182. The van der Waals surface area contributed by atoms with Crippen LogP contribution in [-0.2, 0) is 17.8 Å². The summed E-state index contributed by atoms with van der Waals surface area (Å²) < 4.78 is 7.00. The van der Waals surface area contributed by atoms with E-state index in [4.69, 9.17) is 4.74 Å². The van der Waals surface area contributed by atoms with Crippen molar-refractivity contribution in [2.24, 2.45) is 0 Å². The molecule has 1 aliphatic rings. The second-order valence-corrected chi connectivity index (χ2v) is 7.88. The highest BCUT2D eigenvalue weighted by Gasteiger charge is 2.14. The second kappa shape index (κ2) is 7.72. The normalized spacial score (nSPS) is 12.5. The maximum Gasteiger partial charge on any atom is 0.261 e. The van der Waals surface area contributed by atoms with Crippen molar-refractivity contribution in [3.05, 3.63) is 70.1 Å². The van der Waals surface area contributed by atoms with Crippen LogP contribution in [0.2, 0.25) is 0 Å². The van der Waals surface area contributed by atoms with Crippen LogP contribution < -0.4 is 15.6 Å². The van der Waals surface area contributed by atoms with E-state index in [1.54, 1.807) is 18.2 Å². The molecule has 1 aliphatic heterocycles. The van der Waals surface area contributed by atoms with Gasteiger partial charge in [0.1, 0.15) is 5.75 Å². The summed E-state index contributed by atoms with van der Waals surface area (Å²) >= 11 is 1.38. The SMILES string of the molecule is O=C(CCn1cnc2ccccc2c1=O)Nc1nc(-c2ccc3c(c2)CCO3)cs1. The van der Waals surface area contributed by atoms with Gasteiger partial charge in [-0.15, -0.1) is 11.3 Å². The minimum atomic E-state index is -0.196. The van der Waals surface area contributed by atoms with Crippen LogP contribution in [0.4, 0.5) is 5.13 Å². The maximum atomic E-state index is 12.5. The van der Waals surface area contributed by atoms with E-state index in [-0.39, 0.29) is 24.4 Å². The summed E-state index contributed by atoms with van der Waals surface area (Å²) in [7, 11) is 0. The van der Waals surface area contributed by atoms with Crippen LogP contribution in [0.1, 0.15) is 12.0 Å². The first-order valence-corrected chi connectivity index (χ1v) is 10.5. The lowest BCUT2D eigenvalue weighted by Gasteiger charge is -2.06. The number of hydrogen-bond acceptors (Lipinski definition) is 6. The highest BCUT2D eigenvalue weighted by Crippen LogP contribution is 2.31. The molecule has 0 atom stereocenters. The van der Waals surface area contributed by atoms with E-state index in [1.165, 1.54) is 27.8 Å². The highest BCUT2D eigenvalue weighted by atomic mass is 32.1. The van der Waals surface area contributed by atoms with E-state index in [9.17, 15) is 9.59 Å². The number of amides is 1. The molecular formula is C22H18N4O3S. The molecule has 4 aromatic rings. The Kier molecular flexibility index (Phi) is 4.76. The Morgan fingerprint density at radius 2 is 2.13 bits per heavy atom. The first kappa shape index (κ1) is 18.5. The number of nitrogens with zero attached hydrogens (tertiary/aromatic N) is 3. The Bertz CT molecular complexity index is 1310. The van der Waals surface area contributed by atoms with Gasteiger partial charge in [0, 0.05) is 30.3 Å². The first-order chi connectivity index (χ1) is 14.7. The van der Waals surface area contributed by atoms with Gasteiger partial charge in [-0.25, -0.2) is 9.97 Å². The third-order valence-electron chi connectivity index (χ3n) is 5.05. The Labute approximate surface area is 176 Å². The Morgan fingerprint density at radius 3 is 3.07 bits per heavy atom. The second-order valence-electron chi connectivity index (χ2n) is 7.02. The van der Waals surface area contributed by atoms with Gasteiger partial charge in [-0.1, -0.05) is 12.1 Å². The summed E-state index contributed by atoms with van der Waals surface area (Å²) in [5.74, 6) is 0.735. The number of rotatable bonds is 5. The van der Waals surface area contributed by atoms with Crippen LogP contribution >= 0.6 is 11.3 Å². The average molecular weight is 418 g/mol. The molecule has 0 spiro atoms. The van der Waals surface area contributed by atoms with Crippen molar-refractivity contribution in [1.82, 2.24) is 14.5 Å². The number of para-hydroxylation sites is 1.